The number of thioether (sulfide) groups is 1. The summed E-state index contributed by atoms with van der Waals surface area (Å²) < 4.78 is 15.7. The van der Waals surface area contributed by atoms with Crippen LogP contribution in [-0.4, -0.2) is 46.1 Å². The summed E-state index contributed by atoms with van der Waals surface area (Å²) in [6, 6.07) is 3.92. The maximum Gasteiger partial charge on any atom is 0.243 e. The number of carbonyl (C=O) groups excluding carboxylic acids is 1. The van der Waals surface area contributed by atoms with Gasteiger partial charge in [-0.2, -0.15) is 0 Å². The number of amides is 1. The van der Waals surface area contributed by atoms with Crippen molar-refractivity contribution in [3.05, 3.63) is 17.7 Å². The molecule has 0 bridgehead atoms. The minimum Gasteiger partial charge on any atom is -0.493 e. The lowest BCUT2D eigenvalue weighted by atomic mass is 10.2. The zero-order valence-electron chi connectivity index (χ0n) is 12.6. The second-order valence-corrected chi connectivity index (χ2v) is 5.06. The highest BCUT2D eigenvalue weighted by atomic mass is 32.2. The molecular formula is C14H22N2O4S. The second kappa shape index (κ2) is 9.49. The van der Waals surface area contributed by atoms with Crippen LogP contribution in [0, 0.1) is 0 Å². The minimum absolute atomic E-state index is 0.0475. The number of hydrogen-bond acceptors (Lipinski definition) is 6. The van der Waals surface area contributed by atoms with Gasteiger partial charge in [-0.3, -0.25) is 4.79 Å². The van der Waals surface area contributed by atoms with Crippen molar-refractivity contribution < 1.29 is 19.0 Å². The second-order valence-electron chi connectivity index (χ2n) is 4.21. The number of ether oxygens (including phenoxy) is 3. The number of rotatable bonds is 10. The van der Waals surface area contributed by atoms with Crippen molar-refractivity contribution in [1.82, 2.24) is 5.32 Å². The molecule has 21 heavy (non-hydrogen) atoms. The van der Waals surface area contributed by atoms with Crippen LogP contribution in [-0.2, 0) is 16.1 Å². The fourth-order valence-corrected chi connectivity index (χ4v) is 2.39. The topological polar surface area (TPSA) is 82.8 Å². The molecule has 1 amide bonds. The number of nitrogens with two attached hydrogens (primary N) is 1. The van der Waals surface area contributed by atoms with Crippen molar-refractivity contribution in [2.24, 2.45) is 5.73 Å². The SMILES string of the molecule is COc1cc(CNCCOCC(N)=O)c(SC)cc1OC. The van der Waals surface area contributed by atoms with Gasteiger partial charge in [-0.25, -0.2) is 0 Å². The molecule has 1 aromatic carbocycles. The first-order valence-corrected chi connectivity index (χ1v) is 7.70. The Bertz CT molecular complexity index is 469. The molecule has 0 aromatic heterocycles. The standard InChI is InChI=1S/C14H22N2O4S/c1-18-11-6-10(13(21-3)7-12(11)19-2)8-16-4-5-20-9-14(15)17/h6-7,16H,4-5,8-9H2,1-3H3,(H2,15,17). The highest BCUT2D eigenvalue weighted by molar-refractivity contribution is 7.98. The van der Waals surface area contributed by atoms with Gasteiger partial charge in [0.2, 0.25) is 5.91 Å². The van der Waals surface area contributed by atoms with Crippen LogP contribution in [0.5, 0.6) is 11.5 Å². The summed E-state index contributed by atoms with van der Waals surface area (Å²) in [7, 11) is 3.24. The molecule has 6 nitrogen and oxygen atoms in total. The molecule has 0 heterocycles. The van der Waals surface area contributed by atoms with E-state index >= 15 is 0 Å². The van der Waals surface area contributed by atoms with Crippen LogP contribution in [0.2, 0.25) is 0 Å². The van der Waals surface area contributed by atoms with Gasteiger partial charge < -0.3 is 25.3 Å². The third-order valence-corrected chi connectivity index (χ3v) is 3.59. The molecule has 1 aromatic rings. The number of hydrogen-bond donors (Lipinski definition) is 2. The number of primary amides is 1. The summed E-state index contributed by atoms with van der Waals surface area (Å²) in [6.45, 7) is 1.70. The van der Waals surface area contributed by atoms with E-state index < -0.39 is 5.91 Å². The highest BCUT2D eigenvalue weighted by Crippen LogP contribution is 2.34. The number of methoxy groups -OCH3 is 2. The van der Waals surface area contributed by atoms with Gasteiger partial charge >= 0.3 is 0 Å². The maximum atomic E-state index is 10.5. The average Bonchev–Trinajstić information content (AvgIpc) is 2.49. The summed E-state index contributed by atoms with van der Waals surface area (Å²) in [5.74, 6) is 0.965. The summed E-state index contributed by atoms with van der Waals surface area (Å²) >= 11 is 1.65. The largest absolute Gasteiger partial charge is 0.493 e. The van der Waals surface area contributed by atoms with Gasteiger partial charge in [0, 0.05) is 18.0 Å². The molecule has 0 saturated carbocycles. The van der Waals surface area contributed by atoms with Crippen molar-refractivity contribution in [2.75, 3.05) is 40.2 Å². The van der Waals surface area contributed by atoms with Gasteiger partial charge in [0.25, 0.3) is 0 Å². The molecule has 0 aliphatic heterocycles. The Hall–Kier alpha value is -1.44. The van der Waals surface area contributed by atoms with Gasteiger partial charge in [0.1, 0.15) is 6.61 Å². The third-order valence-electron chi connectivity index (χ3n) is 2.77. The molecule has 118 valence electrons. The molecule has 3 N–H and O–H groups in total. The summed E-state index contributed by atoms with van der Waals surface area (Å²) in [5, 5.41) is 3.25. The first-order valence-electron chi connectivity index (χ1n) is 6.48. The summed E-state index contributed by atoms with van der Waals surface area (Å²) in [4.78, 5) is 11.6. The Balaban J connectivity index is 2.55. The monoisotopic (exact) mass is 314 g/mol. The van der Waals surface area contributed by atoms with Crippen molar-refractivity contribution in [3.63, 3.8) is 0 Å². The fourth-order valence-electron chi connectivity index (χ4n) is 1.77. The quantitative estimate of drug-likeness (QED) is 0.495. The van der Waals surface area contributed by atoms with Crippen molar-refractivity contribution in [1.29, 1.82) is 0 Å². The van der Waals surface area contributed by atoms with E-state index in [-0.39, 0.29) is 6.61 Å². The Morgan fingerprint density at radius 2 is 1.95 bits per heavy atom. The Kier molecular flexibility index (Phi) is 7.96. The fraction of sp³-hybridized carbons (Fsp3) is 0.500. The van der Waals surface area contributed by atoms with E-state index in [0.717, 1.165) is 16.2 Å². The molecule has 1 rings (SSSR count). The summed E-state index contributed by atoms with van der Waals surface area (Å²) in [5.41, 5.74) is 6.10. The van der Waals surface area contributed by atoms with Gasteiger partial charge in [-0.05, 0) is 24.0 Å². The normalized spacial score (nSPS) is 10.4. The van der Waals surface area contributed by atoms with E-state index in [1.54, 1.807) is 26.0 Å². The highest BCUT2D eigenvalue weighted by Gasteiger charge is 2.10. The van der Waals surface area contributed by atoms with Gasteiger partial charge in [-0.15, -0.1) is 11.8 Å². The van der Waals surface area contributed by atoms with Gasteiger partial charge in [-0.1, -0.05) is 0 Å². The lowest BCUT2D eigenvalue weighted by Crippen LogP contribution is -2.24. The molecule has 0 aliphatic carbocycles. The number of carbonyl (C=O) groups is 1. The Morgan fingerprint density at radius 3 is 2.52 bits per heavy atom. The van der Waals surface area contributed by atoms with Crippen LogP contribution in [0.1, 0.15) is 5.56 Å². The van der Waals surface area contributed by atoms with Gasteiger partial charge in [0.15, 0.2) is 11.5 Å². The molecule has 0 radical (unpaired) electrons. The molecule has 7 heteroatoms. The lowest BCUT2D eigenvalue weighted by molar-refractivity contribution is -0.122. The van der Waals surface area contributed by atoms with E-state index in [2.05, 4.69) is 5.32 Å². The first kappa shape index (κ1) is 17.6. The zero-order valence-corrected chi connectivity index (χ0v) is 13.4. The number of nitrogens with one attached hydrogen (secondary N) is 1. The van der Waals surface area contributed by atoms with E-state index in [0.29, 0.717) is 25.4 Å². The predicted molar refractivity (Wildman–Crippen MR) is 83.0 cm³/mol. The predicted octanol–water partition coefficient (Wildman–Crippen LogP) is 1.02. The molecule has 0 atom stereocenters. The van der Waals surface area contributed by atoms with Crippen LogP contribution >= 0.6 is 11.8 Å². The molecule has 0 saturated heterocycles. The molecule has 0 fully saturated rings. The zero-order chi connectivity index (χ0) is 15.7. The van der Waals surface area contributed by atoms with Crippen LogP contribution in [0.25, 0.3) is 0 Å². The Morgan fingerprint density at radius 1 is 1.29 bits per heavy atom. The molecular weight excluding hydrogens is 292 g/mol. The third kappa shape index (κ3) is 5.82. The van der Waals surface area contributed by atoms with Crippen LogP contribution in [0.3, 0.4) is 0 Å². The minimum atomic E-state index is -0.459. The maximum absolute atomic E-state index is 10.5. The summed E-state index contributed by atoms with van der Waals surface area (Å²) in [6.07, 6.45) is 2.01. The van der Waals surface area contributed by atoms with Crippen LogP contribution in [0.15, 0.2) is 17.0 Å². The van der Waals surface area contributed by atoms with E-state index in [1.165, 1.54) is 0 Å². The van der Waals surface area contributed by atoms with Crippen molar-refractivity contribution >= 4 is 17.7 Å². The van der Waals surface area contributed by atoms with E-state index in [1.807, 2.05) is 18.4 Å². The average molecular weight is 314 g/mol. The molecule has 0 aliphatic rings. The first-order chi connectivity index (χ1) is 10.1. The van der Waals surface area contributed by atoms with Gasteiger partial charge in [0.05, 0.1) is 20.8 Å². The van der Waals surface area contributed by atoms with Crippen LogP contribution < -0.4 is 20.5 Å². The lowest BCUT2D eigenvalue weighted by Gasteiger charge is -2.14. The smallest absolute Gasteiger partial charge is 0.243 e. The van der Waals surface area contributed by atoms with Crippen LogP contribution in [0.4, 0.5) is 0 Å². The van der Waals surface area contributed by atoms with E-state index in [9.17, 15) is 4.79 Å². The Labute approximate surface area is 129 Å². The van der Waals surface area contributed by atoms with Crippen molar-refractivity contribution in [3.8, 4) is 11.5 Å². The molecule has 0 spiro atoms. The molecule has 0 unspecified atom stereocenters. The van der Waals surface area contributed by atoms with Crippen molar-refractivity contribution in [2.45, 2.75) is 11.4 Å². The van der Waals surface area contributed by atoms with E-state index in [4.69, 9.17) is 19.9 Å². The number of benzene rings is 1.